The first-order chi connectivity index (χ1) is 9.42. The molecule has 0 saturated heterocycles. The van der Waals surface area contributed by atoms with Crippen molar-refractivity contribution in [3.8, 4) is 0 Å². The van der Waals surface area contributed by atoms with Crippen molar-refractivity contribution in [3.05, 3.63) is 0 Å². The van der Waals surface area contributed by atoms with Crippen LogP contribution in [0.3, 0.4) is 0 Å². The molecule has 1 unspecified atom stereocenters. The topological polar surface area (TPSA) is 81.9 Å². The van der Waals surface area contributed by atoms with E-state index in [9.17, 15) is 9.59 Å². The molecule has 0 aliphatic heterocycles. The zero-order valence-corrected chi connectivity index (χ0v) is 13.1. The first-order valence-electron chi connectivity index (χ1n) is 7.02. The Bertz CT molecular complexity index is 295. The highest BCUT2D eigenvalue weighted by Crippen LogP contribution is 2.06. The summed E-state index contributed by atoms with van der Waals surface area (Å²) in [6.45, 7) is 5.58. The molecule has 20 heavy (non-hydrogen) atoms. The van der Waals surface area contributed by atoms with Crippen LogP contribution in [0.25, 0.3) is 0 Å². The lowest BCUT2D eigenvalue weighted by atomic mass is 10.1. The fraction of sp³-hybridized carbons (Fsp3) is 0.857. The molecule has 0 spiro atoms. The van der Waals surface area contributed by atoms with Crippen LogP contribution in [0.4, 0.5) is 0 Å². The van der Waals surface area contributed by atoms with Crippen LogP contribution in [0.2, 0.25) is 0 Å². The third-order valence-electron chi connectivity index (χ3n) is 2.89. The monoisotopic (exact) mass is 288 g/mol. The van der Waals surface area contributed by atoms with Gasteiger partial charge in [0.2, 0.25) is 5.91 Å². The smallest absolute Gasteiger partial charge is 0.307 e. The van der Waals surface area contributed by atoms with Crippen LogP contribution in [0.1, 0.15) is 33.1 Å². The number of rotatable bonds is 10. The van der Waals surface area contributed by atoms with Crippen molar-refractivity contribution in [3.63, 3.8) is 0 Å². The van der Waals surface area contributed by atoms with Crippen molar-refractivity contribution >= 4 is 11.9 Å². The lowest BCUT2D eigenvalue weighted by Gasteiger charge is -2.27. The van der Waals surface area contributed by atoms with E-state index < -0.39 is 6.04 Å². The highest BCUT2D eigenvalue weighted by atomic mass is 16.5. The van der Waals surface area contributed by atoms with Gasteiger partial charge in [-0.1, -0.05) is 13.8 Å². The predicted molar refractivity (Wildman–Crippen MR) is 77.1 cm³/mol. The Balaban J connectivity index is 4.42. The van der Waals surface area contributed by atoms with Crippen LogP contribution in [0, 0.1) is 5.92 Å². The number of nitrogens with zero attached hydrogens (tertiary/aromatic N) is 1. The number of hydrogen-bond acceptors (Lipinski definition) is 5. The maximum atomic E-state index is 12.3. The average molecular weight is 288 g/mol. The molecule has 1 amide bonds. The third kappa shape index (κ3) is 8.12. The number of carbonyl (C=O) groups is 2. The molecule has 0 aliphatic rings. The molecular weight excluding hydrogens is 260 g/mol. The van der Waals surface area contributed by atoms with E-state index in [1.165, 1.54) is 7.11 Å². The lowest BCUT2D eigenvalue weighted by molar-refractivity contribution is -0.142. The molecule has 0 bridgehead atoms. The standard InChI is InChI=1S/C14H28N2O4/c1-11(2)10-16(8-7-13(17)20-4)14(18)12(15)6-5-9-19-3/h11-12H,5-10,15H2,1-4H3. The fourth-order valence-electron chi connectivity index (χ4n) is 1.87. The van der Waals surface area contributed by atoms with Crippen molar-refractivity contribution in [1.29, 1.82) is 0 Å². The number of hydrogen-bond donors (Lipinski definition) is 1. The number of ether oxygens (including phenoxy) is 2. The first kappa shape index (κ1) is 18.9. The highest BCUT2D eigenvalue weighted by Gasteiger charge is 2.22. The second kappa shape index (κ2) is 10.6. The van der Waals surface area contributed by atoms with E-state index in [4.69, 9.17) is 10.5 Å². The SMILES string of the molecule is COCCCC(N)C(=O)N(CCC(=O)OC)CC(C)C. The number of nitrogens with two attached hydrogens (primary N) is 1. The molecule has 0 aromatic heterocycles. The van der Waals surface area contributed by atoms with Crippen LogP contribution in [-0.2, 0) is 19.1 Å². The quantitative estimate of drug-likeness (QED) is 0.475. The van der Waals surface area contributed by atoms with E-state index >= 15 is 0 Å². The summed E-state index contributed by atoms with van der Waals surface area (Å²) >= 11 is 0. The van der Waals surface area contributed by atoms with Gasteiger partial charge in [0.05, 0.1) is 19.6 Å². The lowest BCUT2D eigenvalue weighted by Crippen LogP contribution is -2.46. The summed E-state index contributed by atoms with van der Waals surface area (Å²) in [6.07, 6.45) is 1.52. The largest absolute Gasteiger partial charge is 0.469 e. The van der Waals surface area contributed by atoms with E-state index in [0.717, 1.165) is 6.42 Å². The molecule has 0 aromatic carbocycles. The summed E-state index contributed by atoms with van der Waals surface area (Å²) in [5.74, 6) is -0.110. The van der Waals surface area contributed by atoms with Crippen LogP contribution in [0.5, 0.6) is 0 Å². The molecule has 0 fully saturated rings. The Kier molecular flexibility index (Phi) is 10.0. The minimum atomic E-state index is -0.540. The van der Waals surface area contributed by atoms with Crippen molar-refractivity contribution in [2.45, 2.75) is 39.2 Å². The van der Waals surface area contributed by atoms with Crippen LogP contribution < -0.4 is 5.73 Å². The van der Waals surface area contributed by atoms with Gasteiger partial charge in [-0.15, -0.1) is 0 Å². The van der Waals surface area contributed by atoms with Gasteiger partial charge in [-0.3, -0.25) is 9.59 Å². The zero-order chi connectivity index (χ0) is 15.5. The number of amides is 1. The third-order valence-corrected chi connectivity index (χ3v) is 2.89. The van der Waals surface area contributed by atoms with Gasteiger partial charge in [-0.05, 0) is 18.8 Å². The second-order valence-corrected chi connectivity index (χ2v) is 5.25. The van der Waals surface area contributed by atoms with Gasteiger partial charge in [0.25, 0.3) is 0 Å². The van der Waals surface area contributed by atoms with Gasteiger partial charge in [-0.25, -0.2) is 0 Å². The first-order valence-corrected chi connectivity index (χ1v) is 7.02. The summed E-state index contributed by atoms with van der Waals surface area (Å²) in [5.41, 5.74) is 5.91. The molecule has 6 heteroatoms. The molecule has 0 rings (SSSR count). The normalized spacial score (nSPS) is 12.3. The number of carbonyl (C=O) groups excluding carboxylic acids is 2. The van der Waals surface area contributed by atoms with Gasteiger partial charge in [0.15, 0.2) is 0 Å². The molecule has 0 radical (unpaired) electrons. The maximum Gasteiger partial charge on any atom is 0.307 e. The molecule has 1 atom stereocenters. The summed E-state index contributed by atoms with van der Waals surface area (Å²) < 4.78 is 9.55. The molecule has 0 aliphatic carbocycles. The molecular formula is C14H28N2O4. The Hall–Kier alpha value is -1.14. The summed E-state index contributed by atoms with van der Waals surface area (Å²) in [7, 11) is 2.96. The zero-order valence-electron chi connectivity index (χ0n) is 13.1. The molecule has 6 nitrogen and oxygen atoms in total. The van der Waals surface area contributed by atoms with Gasteiger partial charge < -0.3 is 20.1 Å². The minimum Gasteiger partial charge on any atom is -0.469 e. The van der Waals surface area contributed by atoms with Gasteiger partial charge in [0.1, 0.15) is 0 Å². The Morgan fingerprint density at radius 1 is 1.25 bits per heavy atom. The Labute approximate surface area is 121 Å². The van der Waals surface area contributed by atoms with E-state index in [-0.39, 0.29) is 18.3 Å². The van der Waals surface area contributed by atoms with Crippen molar-refractivity contribution in [2.75, 3.05) is 33.9 Å². The molecule has 0 aromatic rings. The molecule has 0 saturated carbocycles. The maximum absolute atomic E-state index is 12.3. The summed E-state index contributed by atoms with van der Waals surface area (Å²) in [4.78, 5) is 25.1. The van der Waals surface area contributed by atoms with Gasteiger partial charge in [-0.2, -0.15) is 0 Å². The van der Waals surface area contributed by atoms with Crippen molar-refractivity contribution < 1.29 is 19.1 Å². The number of esters is 1. The minimum absolute atomic E-state index is 0.112. The Morgan fingerprint density at radius 3 is 2.40 bits per heavy atom. The second-order valence-electron chi connectivity index (χ2n) is 5.25. The fourth-order valence-corrected chi connectivity index (χ4v) is 1.87. The Morgan fingerprint density at radius 2 is 1.90 bits per heavy atom. The van der Waals surface area contributed by atoms with Crippen molar-refractivity contribution in [1.82, 2.24) is 4.90 Å². The predicted octanol–water partition coefficient (Wildman–Crippen LogP) is 0.788. The highest BCUT2D eigenvalue weighted by molar-refractivity contribution is 5.82. The summed E-state index contributed by atoms with van der Waals surface area (Å²) in [5, 5.41) is 0. The number of methoxy groups -OCH3 is 2. The van der Waals surface area contributed by atoms with Crippen molar-refractivity contribution in [2.24, 2.45) is 11.7 Å². The summed E-state index contributed by atoms with van der Waals surface area (Å²) in [6, 6.07) is -0.540. The molecule has 0 heterocycles. The van der Waals surface area contributed by atoms with E-state index in [1.807, 2.05) is 13.8 Å². The van der Waals surface area contributed by atoms with Gasteiger partial charge in [0, 0.05) is 26.8 Å². The molecule has 2 N–H and O–H groups in total. The average Bonchev–Trinajstić information content (AvgIpc) is 2.41. The van der Waals surface area contributed by atoms with Gasteiger partial charge >= 0.3 is 5.97 Å². The van der Waals surface area contributed by atoms with E-state index in [1.54, 1.807) is 12.0 Å². The molecule has 118 valence electrons. The van der Waals surface area contributed by atoms with E-state index in [0.29, 0.717) is 32.0 Å². The van der Waals surface area contributed by atoms with Crippen LogP contribution in [0.15, 0.2) is 0 Å². The van der Waals surface area contributed by atoms with Crippen LogP contribution in [-0.4, -0.2) is 56.7 Å². The van der Waals surface area contributed by atoms with Crippen LogP contribution >= 0.6 is 0 Å². The van der Waals surface area contributed by atoms with E-state index in [2.05, 4.69) is 4.74 Å².